The molecule has 2 rings (SSSR count). The maximum absolute atomic E-state index is 12.1. The molecule has 1 atom stereocenters. The molecule has 2 N–H and O–H groups in total. The van der Waals surface area contributed by atoms with Crippen LogP contribution in [0.4, 0.5) is 11.4 Å². The Kier molecular flexibility index (Phi) is 4.22. The molecule has 1 saturated carbocycles. The van der Waals surface area contributed by atoms with Crippen LogP contribution in [-0.4, -0.2) is 23.4 Å². The summed E-state index contributed by atoms with van der Waals surface area (Å²) < 4.78 is 0. The quantitative estimate of drug-likeness (QED) is 0.618. The molecule has 1 aromatic carbocycles. The summed E-state index contributed by atoms with van der Waals surface area (Å²) in [4.78, 5) is 22.6. The van der Waals surface area contributed by atoms with Gasteiger partial charge < -0.3 is 10.6 Å². The lowest BCUT2D eigenvalue weighted by molar-refractivity contribution is -0.384. The molecule has 0 bridgehead atoms. The molecule has 0 radical (unpaired) electrons. The van der Waals surface area contributed by atoms with Crippen molar-refractivity contribution >= 4 is 17.3 Å². The van der Waals surface area contributed by atoms with Crippen molar-refractivity contribution < 1.29 is 9.72 Å². The fraction of sp³-hybridized carbons (Fsp3) is 0.500. The van der Waals surface area contributed by atoms with Crippen LogP contribution in [0.15, 0.2) is 18.2 Å². The zero-order valence-electron chi connectivity index (χ0n) is 11.7. The van der Waals surface area contributed by atoms with Crippen molar-refractivity contribution in [1.29, 1.82) is 0 Å². The smallest absolute Gasteiger partial charge is 0.292 e. The van der Waals surface area contributed by atoms with Gasteiger partial charge in [0.1, 0.15) is 5.69 Å². The number of nitro groups is 1. The number of anilines is 1. The van der Waals surface area contributed by atoms with Crippen LogP contribution in [0.1, 0.15) is 37.0 Å². The van der Waals surface area contributed by atoms with E-state index in [0.717, 1.165) is 12.8 Å². The van der Waals surface area contributed by atoms with Crippen molar-refractivity contribution in [3.8, 4) is 0 Å². The van der Waals surface area contributed by atoms with Gasteiger partial charge in [0, 0.05) is 24.2 Å². The third-order valence-electron chi connectivity index (χ3n) is 3.51. The highest BCUT2D eigenvalue weighted by Crippen LogP contribution is 2.32. The maximum atomic E-state index is 12.1. The molecule has 1 aliphatic carbocycles. The average molecular weight is 277 g/mol. The first kappa shape index (κ1) is 14.3. The maximum Gasteiger partial charge on any atom is 0.292 e. The summed E-state index contributed by atoms with van der Waals surface area (Å²) in [6.07, 6.45) is 2.31. The molecule has 6 nitrogen and oxygen atoms in total. The second-order valence-electron chi connectivity index (χ2n) is 5.12. The number of rotatable bonds is 6. The van der Waals surface area contributed by atoms with Crippen molar-refractivity contribution in [2.75, 3.05) is 11.9 Å². The van der Waals surface area contributed by atoms with Crippen LogP contribution >= 0.6 is 0 Å². The van der Waals surface area contributed by atoms with Crippen LogP contribution in [0.25, 0.3) is 0 Å². The Labute approximate surface area is 117 Å². The second-order valence-corrected chi connectivity index (χ2v) is 5.12. The lowest BCUT2D eigenvalue weighted by Gasteiger charge is -2.13. The van der Waals surface area contributed by atoms with Gasteiger partial charge in [0.05, 0.1) is 4.92 Å². The van der Waals surface area contributed by atoms with Gasteiger partial charge in [-0.1, -0.05) is 0 Å². The Balaban J connectivity index is 2.16. The van der Waals surface area contributed by atoms with Gasteiger partial charge in [-0.15, -0.1) is 0 Å². The zero-order chi connectivity index (χ0) is 14.7. The van der Waals surface area contributed by atoms with Crippen molar-refractivity contribution in [2.24, 2.45) is 5.92 Å². The fourth-order valence-electron chi connectivity index (χ4n) is 2.17. The van der Waals surface area contributed by atoms with E-state index in [1.807, 2.05) is 13.8 Å². The zero-order valence-corrected chi connectivity index (χ0v) is 11.7. The molecule has 0 aliphatic heterocycles. The van der Waals surface area contributed by atoms with Crippen LogP contribution in [0.2, 0.25) is 0 Å². The van der Waals surface area contributed by atoms with Crippen molar-refractivity contribution in [3.63, 3.8) is 0 Å². The van der Waals surface area contributed by atoms with Crippen molar-refractivity contribution in [3.05, 3.63) is 33.9 Å². The van der Waals surface area contributed by atoms with Gasteiger partial charge in [-0.05, 0) is 44.7 Å². The van der Waals surface area contributed by atoms with Gasteiger partial charge in [-0.2, -0.15) is 0 Å². The Hall–Kier alpha value is -2.11. The minimum absolute atomic E-state index is 0.0151. The number of nitrogens with zero attached hydrogens (tertiary/aromatic N) is 1. The van der Waals surface area contributed by atoms with Crippen LogP contribution in [0.5, 0.6) is 0 Å². The second kappa shape index (κ2) is 5.90. The highest BCUT2D eigenvalue weighted by molar-refractivity contribution is 5.96. The lowest BCUT2D eigenvalue weighted by Crippen LogP contribution is -2.34. The van der Waals surface area contributed by atoms with E-state index in [1.165, 1.54) is 18.2 Å². The van der Waals surface area contributed by atoms with Crippen molar-refractivity contribution in [1.82, 2.24) is 5.32 Å². The van der Waals surface area contributed by atoms with Gasteiger partial charge >= 0.3 is 0 Å². The highest BCUT2D eigenvalue weighted by Gasteiger charge is 2.29. The van der Waals surface area contributed by atoms with E-state index in [9.17, 15) is 14.9 Å². The van der Waals surface area contributed by atoms with Gasteiger partial charge in [0.15, 0.2) is 0 Å². The summed E-state index contributed by atoms with van der Waals surface area (Å²) in [6.45, 7) is 4.40. The Morgan fingerprint density at radius 1 is 1.50 bits per heavy atom. The number of amides is 1. The molecular weight excluding hydrogens is 258 g/mol. The summed E-state index contributed by atoms with van der Waals surface area (Å²) in [5.74, 6) is 0.392. The first-order valence-corrected chi connectivity index (χ1v) is 6.86. The molecule has 0 spiro atoms. The predicted octanol–water partition coefficient (Wildman–Crippen LogP) is 2.55. The fourth-order valence-corrected chi connectivity index (χ4v) is 2.17. The molecule has 1 fully saturated rings. The molecular formula is C14H19N3O3. The summed E-state index contributed by atoms with van der Waals surface area (Å²) in [6, 6.07) is 4.56. The third kappa shape index (κ3) is 3.26. The van der Waals surface area contributed by atoms with Gasteiger partial charge in [0.25, 0.3) is 11.6 Å². The molecule has 0 heterocycles. The van der Waals surface area contributed by atoms with E-state index < -0.39 is 4.92 Å². The molecule has 1 aliphatic rings. The van der Waals surface area contributed by atoms with Crippen LogP contribution in [0, 0.1) is 16.0 Å². The van der Waals surface area contributed by atoms with E-state index in [-0.39, 0.29) is 17.6 Å². The van der Waals surface area contributed by atoms with Crippen LogP contribution in [-0.2, 0) is 0 Å². The topological polar surface area (TPSA) is 84.3 Å². The minimum atomic E-state index is -0.452. The monoisotopic (exact) mass is 277 g/mol. The summed E-state index contributed by atoms with van der Waals surface area (Å²) >= 11 is 0. The first-order chi connectivity index (χ1) is 9.52. The Morgan fingerprint density at radius 2 is 2.20 bits per heavy atom. The molecule has 6 heteroatoms. The minimum Gasteiger partial charge on any atom is -0.380 e. The van der Waals surface area contributed by atoms with Gasteiger partial charge in [-0.25, -0.2) is 0 Å². The Morgan fingerprint density at radius 3 is 2.75 bits per heavy atom. The predicted molar refractivity (Wildman–Crippen MR) is 76.9 cm³/mol. The van der Waals surface area contributed by atoms with E-state index in [4.69, 9.17) is 0 Å². The highest BCUT2D eigenvalue weighted by atomic mass is 16.6. The summed E-state index contributed by atoms with van der Waals surface area (Å²) in [7, 11) is 0. The number of benzene rings is 1. The molecule has 1 amide bonds. The van der Waals surface area contributed by atoms with E-state index in [2.05, 4.69) is 10.6 Å². The SMILES string of the molecule is CCNc1cc(C(=O)NC(C)C2CC2)ccc1[N+](=O)[O-]. The number of hydrogen-bond donors (Lipinski definition) is 2. The van der Waals surface area contributed by atoms with Crippen LogP contribution < -0.4 is 10.6 Å². The molecule has 0 aromatic heterocycles. The summed E-state index contributed by atoms with van der Waals surface area (Å²) in [5.41, 5.74) is 0.807. The number of nitrogens with one attached hydrogen (secondary N) is 2. The lowest BCUT2D eigenvalue weighted by atomic mass is 10.1. The number of carbonyl (C=O) groups is 1. The molecule has 20 heavy (non-hydrogen) atoms. The molecule has 1 aromatic rings. The molecule has 108 valence electrons. The largest absolute Gasteiger partial charge is 0.380 e. The molecule has 0 saturated heterocycles. The van der Waals surface area contributed by atoms with E-state index in [0.29, 0.717) is 23.7 Å². The Bertz CT molecular complexity index is 526. The third-order valence-corrected chi connectivity index (χ3v) is 3.51. The van der Waals surface area contributed by atoms with Crippen LogP contribution in [0.3, 0.4) is 0 Å². The number of carbonyl (C=O) groups excluding carboxylic acids is 1. The number of hydrogen-bond acceptors (Lipinski definition) is 4. The van der Waals surface area contributed by atoms with E-state index in [1.54, 1.807) is 0 Å². The van der Waals surface area contributed by atoms with Gasteiger partial charge in [-0.3, -0.25) is 14.9 Å². The normalized spacial score (nSPS) is 15.5. The van der Waals surface area contributed by atoms with Gasteiger partial charge in [0.2, 0.25) is 0 Å². The molecule has 1 unspecified atom stereocenters. The average Bonchev–Trinajstić information content (AvgIpc) is 3.22. The number of nitro benzene ring substituents is 1. The first-order valence-electron chi connectivity index (χ1n) is 6.86. The standard InChI is InChI=1S/C14H19N3O3/c1-3-15-12-8-11(6-7-13(12)17(19)20)14(18)16-9(2)10-4-5-10/h6-10,15H,3-5H2,1-2H3,(H,16,18). The van der Waals surface area contributed by atoms with Crippen molar-refractivity contribution in [2.45, 2.75) is 32.7 Å². The van der Waals surface area contributed by atoms with E-state index >= 15 is 0 Å². The summed E-state index contributed by atoms with van der Waals surface area (Å²) in [5, 5.41) is 16.8.